The van der Waals surface area contributed by atoms with E-state index in [1.807, 2.05) is 0 Å². The van der Waals surface area contributed by atoms with Crippen molar-refractivity contribution in [3.63, 3.8) is 0 Å². The van der Waals surface area contributed by atoms with Crippen LogP contribution in [0.1, 0.15) is 96.3 Å². The summed E-state index contributed by atoms with van der Waals surface area (Å²) >= 11 is 0. The Morgan fingerprint density at radius 2 is 0.633 bits per heavy atom. The Morgan fingerprint density at radius 3 is 0.867 bits per heavy atom. The number of hydrogen-bond acceptors (Lipinski definition) is 3. The zero-order valence-corrected chi connectivity index (χ0v) is 18.9. The van der Waals surface area contributed by atoms with E-state index in [1.54, 1.807) is 0 Å². The Labute approximate surface area is 182 Å². The van der Waals surface area contributed by atoms with E-state index < -0.39 is 17.1 Å². The van der Waals surface area contributed by atoms with Crippen molar-refractivity contribution in [2.45, 2.75) is 116 Å². The Morgan fingerprint density at radius 1 is 0.400 bits per heavy atom. The van der Waals surface area contributed by atoms with Gasteiger partial charge >= 0.3 is 17.1 Å². The number of nitrogens with zero attached hydrogens (tertiary/aromatic N) is 3. The third kappa shape index (κ3) is 9.05. The normalized spacial score (nSPS) is 11.3. The standard InChI is InChI=1S/C24H42N3O3/c1-4-7-10-13-16-19-25-22(28)26(20-17-14-11-8-5-2)24(30)27(23(25)29)21-18-15-12-9-6-3/h1-21H2. The second-order valence-electron chi connectivity index (χ2n) is 8.11. The van der Waals surface area contributed by atoms with E-state index in [0.717, 1.165) is 96.3 Å². The summed E-state index contributed by atoms with van der Waals surface area (Å²) in [4.78, 5) is 38.7. The summed E-state index contributed by atoms with van der Waals surface area (Å²) in [5, 5.41) is 0. The Kier molecular flexibility index (Phi) is 14.2. The smallest absolute Gasteiger partial charge is 0.247 e. The van der Waals surface area contributed by atoms with Gasteiger partial charge in [-0.25, -0.2) is 28.1 Å². The van der Waals surface area contributed by atoms with Crippen molar-refractivity contribution in [3.05, 3.63) is 52.2 Å². The minimum absolute atomic E-state index is 0.373. The first-order valence-electron chi connectivity index (χ1n) is 11.9. The van der Waals surface area contributed by atoms with E-state index in [2.05, 4.69) is 20.8 Å². The zero-order chi connectivity index (χ0) is 22.2. The lowest BCUT2D eigenvalue weighted by Crippen LogP contribution is -2.54. The van der Waals surface area contributed by atoms with Crippen molar-refractivity contribution in [1.82, 2.24) is 13.7 Å². The third-order valence-corrected chi connectivity index (χ3v) is 5.53. The molecule has 0 saturated carbocycles. The highest BCUT2D eigenvalue weighted by Gasteiger charge is 2.15. The van der Waals surface area contributed by atoms with Crippen molar-refractivity contribution in [2.75, 3.05) is 0 Å². The van der Waals surface area contributed by atoms with Gasteiger partial charge in [-0.05, 0) is 19.3 Å². The predicted octanol–water partition coefficient (Wildman–Crippen LogP) is 4.53. The molecule has 6 heteroatoms. The maximum absolute atomic E-state index is 12.9. The lowest BCUT2D eigenvalue weighted by atomic mass is 10.1. The van der Waals surface area contributed by atoms with Gasteiger partial charge in [-0.1, -0.05) is 97.8 Å². The summed E-state index contributed by atoms with van der Waals surface area (Å²) in [6, 6.07) is 0. The molecule has 0 fully saturated rings. The lowest BCUT2D eigenvalue weighted by Gasteiger charge is -2.14. The molecule has 30 heavy (non-hydrogen) atoms. The summed E-state index contributed by atoms with van der Waals surface area (Å²) in [6.07, 6.45) is 14.2. The second-order valence-corrected chi connectivity index (χ2v) is 8.11. The topological polar surface area (TPSA) is 66.0 Å². The van der Waals surface area contributed by atoms with Gasteiger partial charge in [0.1, 0.15) is 0 Å². The zero-order valence-electron chi connectivity index (χ0n) is 18.9. The molecule has 0 N–H and O–H groups in total. The number of rotatable bonds is 18. The highest BCUT2D eigenvalue weighted by Crippen LogP contribution is 2.05. The molecule has 0 unspecified atom stereocenters. The fourth-order valence-electron chi connectivity index (χ4n) is 3.66. The van der Waals surface area contributed by atoms with Crippen LogP contribution in [0.25, 0.3) is 0 Å². The Bertz CT molecular complexity index is 615. The first-order chi connectivity index (χ1) is 14.6. The number of hydrogen-bond donors (Lipinski definition) is 0. The van der Waals surface area contributed by atoms with Crippen LogP contribution in [0.2, 0.25) is 0 Å². The first-order valence-corrected chi connectivity index (χ1v) is 11.9. The van der Waals surface area contributed by atoms with Gasteiger partial charge in [0.2, 0.25) is 0 Å². The van der Waals surface area contributed by atoms with Gasteiger partial charge in [0, 0.05) is 19.6 Å². The molecule has 1 rings (SSSR count). The predicted molar refractivity (Wildman–Crippen MR) is 125 cm³/mol. The fraction of sp³-hybridized carbons (Fsp3) is 0.750. The van der Waals surface area contributed by atoms with Crippen LogP contribution in [0, 0.1) is 20.8 Å². The molecule has 1 aromatic heterocycles. The van der Waals surface area contributed by atoms with Gasteiger partial charge in [-0.3, -0.25) is 0 Å². The molecule has 1 heterocycles. The minimum Gasteiger partial charge on any atom is -0.247 e. The average Bonchev–Trinajstić information content (AvgIpc) is 2.74. The molecule has 0 aliphatic heterocycles. The highest BCUT2D eigenvalue weighted by atomic mass is 16.2. The number of aromatic nitrogens is 3. The Balaban J connectivity index is 2.98. The SMILES string of the molecule is [CH2]CCCCCCn1c(=O)n(CCCCCC[CH2])c(=O)n(CCCCCC[CH2])c1=O. The summed E-state index contributed by atoms with van der Waals surface area (Å²) < 4.78 is 3.83. The summed E-state index contributed by atoms with van der Waals surface area (Å²) in [5.74, 6) is 0. The van der Waals surface area contributed by atoms with E-state index in [1.165, 1.54) is 13.7 Å². The molecule has 3 radical (unpaired) electrons. The highest BCUT2D eigenvalue weighted by molar-refractivity contribution is 4.79. The van der Waals surface area contributed by atoms with Crippen LogP contribution in [0.5, 0.6) is 0 Å². The van der Waals surface area contributed by atoms with Crippen molar-refractivity contribution in [2.24, 2.45) is 0 Å². The molecule has 0 saturated heterocycles. The molecule has 0 aromatic carbocycles. The monoisotopic (exact) mass is 420 g/mol. The molecule has 0 spiro atoms. The van der Waals surface area contributed by atoms with Crippen molar-refractivity contribution < 1.29 is 0 Å². The van der Waals surface area contributed by atoms with E-state index >= 15 is 0 Å². The molecule has 0 amide bonds. The van der Waals surface area contributed by atoms with Crippen LogP contribution in [0.4, 0.5) is 0 Å². The van der Waals surface area contributed by atoms with Gasteiger partial charge in [0.25, 0.3) is 0 Å². The van der Waals surface area contributed by atoms with Crippen molar-refractivity contribution >= 4 is 0 Å². The average molecular weight is 421 g/mol. The van der Waals surface area contributed by atoms with Crippen molar-refractivity contribution in [1.29, 1.82) is 0 Å². The van der Waals surface area contributed by atoms with E-state index in [-0.39, 0.29) is 0 Å². The molecule has 1 aromatic rings. The van der Waals surface area contributed by atoms with Gasteiger partial charge in [0.05, 0.1) is 0 Å². The third-order valence-electron chi connectivity index (χ3n) is 5.53. The summed E-state index contributed by atoms with van der Waals surface area (Å²) in [6.45, 7) is 12.6. The van der Waals surface area contributed by atoms with Crippen LogP contribution in [-0.4, -0.2) is 13.7 Å². The van der Waals surface area contributed by atoms with Crippen LogP contribution in [0.15, 0.2) is 14.4 Å². The molecule has 0 aliphatic rings. The van der Waals surface area contributed by atoms with Crippen LogP contribution in [0.3, 0.4) is 0 Å². The second kappa shape index (κ2) is 16.1. The fourth-order valence-corrected chi connectivity index (χ4v) is 3.66. The van der Waals surface area contributed by atoms with E-state index in [0.29, 0.717) is 19.6 Å². The quantitative estimate of drug-likeness (QED) is 0.328. The molecule has 0 atom stereocenters. The maximum atomic E-state index is 12.9. The number of unbranched alkanes of at least 4 members (excludes halogenated alkanes) is 12. The van der Waals surface area contributed by atoms with Crippen LogP contribution in [-0.2, 0) is 19.6 Å². The van der Waals surface area contributed by atoms with Crippen LogP contribution < -0.4 is 17.1 Å². The van der Waals surface area contributed by atoms with E-state index in [4.69, 9.17) is 0 Å². The molecular formula is C24H42N3O3. The van der Waals surface area contributed by atoms with E-state index in [9.17, 15) is 14.4 Å². The lowest BCUT2D eigenvalue weighted by molar-refractivity contribution is 0.412. The maximum Gasteiger partial charge on any atom is 0.336 e. The first kappa shape index (κ1) is 26.4. The van der Waals surface area contributed by atoms with Gasteiger partial charge in [0.15, 0.2) is 0 Å². The van der Waals surface area contributed by atoms with Crippen molar-refractivity contribution in [3.8, 4) is 0 Å². The van der Waals surface area contributed by atoms with Gasteiger partial charge < -0.3 is 0 Å². The summed E-state index contributed by atoms with van der Waals surface area (Å²) in [7, 11) is 0. The molecular weight excluding hydrogens is 378 g/mol. The van der Waals surface area contributed by atoms with Gasteiger partial charge in [-0.2, -0.15) is 0 Å². The largest absolute Gasteiger partial charge is 0.336 e. The van der Waals surface area contributed by atoms with Gasteiger partial charge in [-0.15, -0.1) is 0 Å². The summed E-state index contributed by atoms with van der Waals surface area (Å²) in [5.41, 5.74) is -1.35. The Hall–Kier alpha value is -1.59. The molecule has 6 nitrogen and oxygen atoms in total. The molecule has 0 aliphatic carbocycles. The minimum atomic E-state index is -0.451. The van der Waals surface area contributed by atoms with Crippen LogP contribution >= 0.6 is 0 Å². The molecule has 171 valence electrons. The molecule has 0 bridgehead atoms.